The van der Waals surface area contributed by atoms with E-state index in [1.165, 1.54) is 5.56 Å². The SMILES string of the molecule is O=C1NCCN2CCCN(C(=O)c3[nH]nc4c3CCc3ccccc3-4)CC12. The zero-order valence-corrected chi connectivity index (χ0v) is 15.2. The van der Waals surface area contributed by atoms with Crippen molar-refractivity contribution in [1.29, 1.82) is 0 Å². The third kappa shape index (κ3) is 2.73. The fraction of sp³-hybridized carbons (Fsp3) is 0.450. The minimum Gasteiger partial charge on any atom is -0.353 e. The molecule has 0 spiro atoms. The number of nitrogens with one attached hydrogen (secondary N) is 2. The molecule has 2 aliphatic heterocycles. The van der Waals surface area contributed by atoms with Gasteiger partial charge >= 0.3 is 0 Å². The Morgan fingerprint density at radius 1 is 1.15 bits per heavy atom. The van der Waals surface area contributed by atoms with Crippen LogP contribution >= 0.6 is 0 Å². The molecule has 7 heteroatoms. The molecule has 1 unspecified atom stereocenters. The van der Waals surface area contributed by atoms with Crippen molar-refractivity contribution in [2.75, 3.05) is 32.7 Å². The van der Waals surface area contributed by atoms with Gasteiger partial charge in [-0.25, -0.2) is 0 Å². The number of fused-ring (bicyclic) bond motifs is 4. The van der Waals surface area contributed by atoms with Gasteiger partial charge in [-0.15, -0.1) is 0 Å². The largest absolute Gasteiger partial charge is 0.353 e. The van der Waals surface area contributed by atoms with Crippen LogP contribution in [-0.4, -0.2) is 70.6 Å². The molecule has 3 heterocycles. The van der Waals surface area contributed by atoms with Crippen molar-refractivity contribution < 1.29 is 9.59 Å². The molecule has 140 valence electrons. The van der Waals surface area contributed by atoms with Gasteiger partial charge < -0.3 is 10.2 Å². The van der Waals surface area contributed by atoms with Crippen molar-refractivity contribution in [1.82, 2.24) is 25.3 Å². The fourth-order valence-electron chi connectivity index (χ4n) is 4.57. The summed E-state index contributed by atoms with van der Waals surface area (Å²) >= 11 is 0. The molecule has 2 fully saturated rings. The van der Waals surface area contributed by atoms with E-state index in [0.717, 1.165) is 49.2 Å². The van der Waals surface area contributed by atoms with Gasteiger partial charge in [0.25, 0.3) is 5.91 Å². The first-order valence-electron chi connectivity index (χ1n) is 9.69. The van der Waals surface area contributed by atoms with Gasteiger partial charge in [0.15, 0.2) is 0 Å². The lowest BCUT2D eigenvalue weighted by molar-refractivity contribution is -0.128. The van der Waals surface area contributed by atoms with E-state index in [2.05, 4.69) is 32.5 Å². The lowest BCUT2D eigenvalue weighted by atomic mass is 9.89. The van der Waals surface area contributed by atoms with Crippen LogP contribution in [-0.2, 0) is 17.6 Å². The van der Waals surface area contributed by atoms with Crippen LogP contribution < -0.4 is 5.32 Å². The lowest BCUT2D eigenvalue weighted by Crippen LogP contribution is -2.58. The Balaban J connectivity index is 1.44. The monoisotopic (exact) mass is 365 g/mol. The predicted octanol–water partition coefficient (Wildman–Crippen LogP) is 0.822. The zero-order valence-electron chi connectivity index (χ0n) is 15.2. The van der Waals surface area contributed by atoms with E-state index in [1.54, 1.807) is 0 Å². The number of aromatic amines is 1. The number of carbonyl (C=O) groups excluding carboxylic acids is 2. The summed E-state index contributed by atoms with van der Waals surface area (Å²) in [6.07, 6.45) is 2.62. The molecule has 0 radical (unpaired) electrons. The maximum Gasteiger partial charge on any atom is 0.272 e. The van der Waals surface area contributed by atoms with E-state index < -0.39 is 0 Å². The van der Waals surface area contributed by atoms with Gasteiger partial charge in [0, 0.05) is 43.9 Å². The summed E-state index contributed by atoms with van der Waals surface area (Å²) in [5.74, 6) is -0.00938. The Morgan fingerprint density at radius 2 is 2.04 bits per heavy atom. The summed E-state index contributed by atoms with van der Waals surface area (Å²) in [5, 5.41) is 10.4. The Hall–Kier alpha value is -2.67. The number of hydrogen-bond donors (Lipinski definition) is 2. The minimum absolute atomic E-state index is 0.0292. The molecule has 1 aliphatic carbocycles. The molecule has 1 atom stereocenters. The highest BCUT2D eigenvalue weighted by Crippen LogP contribution is 2.33. The molecule has 3 aliphatic rings. The number of H-pyrrole nitrogens is 1. The number of hydrogen-bond acceptors (Lipinski definition) is 4. The van der Waals surface area contributed by atoms with Gasteiger partial charge in [-0.3, -0.25) is 19.6 Å². The molecule has 0 bridgehead atoms. The molecule has 27 heavy (non-hydrogen) atoms. The van der Waals surface area contributed by atoms with Crippen LogP contribution in [0.15, 0.2) is 24.3 Å². The molecule has 1 aromatic heterocycles. The van der Waals surface area contributed by atoms with Gasteiger partial charge in [-0.05, 0) is 24.8 Å². The minimum atomic E-state index is -0.246. The third-order valence-electron chi connectivity index (χ3n) is 5.99. The van der Waals surface area contributed by atoms with E-state index in [1.807, 2.05) is 17.0 Å². The summed E-state index contributed by atoms with van der Waals surface area (Å²) in [7, 11) is 0. The van der Waals surface area contributed by atoms with E-state index in [-0.39, 0.29) is 17.9 Å². The van der Waals surface area contributed by atoms with Gasteiger partial charge in [0.05, 0.1) is 5.69 Å². The van der Waals surface area contributed by atoms with Crippen LogP contribution in [0.1, 0.15) is 28.0 Å². The Kier molecular flexibility index (Phi) is 3.97. The highest BCUT2D eigenvalue weighted by Gasteiger charge is 2.36. The molecule has 2 amide bonds. The van der Waals surface area contributed by atoms with Gasteiger partial charge in [-0.2, -0.15) is 5.10 Å². The highest BCUT2D eigenvalue weighted by atomic mass is 16.2. The first-order valence-corrected chi connectivity index (χ1v) is 9.69. The summed E-state index contributed by atoms with van der Waals surface area (Å²) in [6, 6.07) is 8.00. The quantitative estimate of drug-likeness (QED) is 0.784. The topological polar surface area (TPSA) is 81.3 Å². The first-order chi connectivity index (χ1) is 13.2. The third-order valence-corrected chi connectivity index (χ3v) is 5.99. The van der Waals surface area contributed by atoms with Crippen LogP contribution in [0.5, 0.6) is 0 Å². The molecule has 2 aromatic rings. The van der Waals surface area contributed by atoms with Crippen molar-refractivity contribution in [2.24, 2.45) is 0 Å². The number of amides is 2. The number of piperazine rings is 1. The second-order valence-corrected chi connectivity index (χ2v) is 7.53. The van der Waals surface area contributed by atoms with Crippen molar-refractivity contribution in [2.45, 2.75) is 25.3 Å². The van der Waals surface area contributed by atoms with Gasteiger partial charge in [0.2, 0.25) is 5.91 Å². The molecule has 7 nitrogen and oxygen atoms in total. The Labute approximate surface area is 157 Å². The summed E-state index contributed by atoms with van der Waals surface area (Å²) in [5.41, 5.74) is 4.88. The highest BCUT2D eigenvalue weighted by molar-refractivity contribution is 5.96. The second kappa shape index (κ2) is 6.49. The second-order valence-electron chi connectivity index (χ2n) is 7.53. The molecule has 5 rings (SSSR count). The standard InChI is InChI=1S/C20H23N5O2/c26-19-16-12-25(10-3-9-24(16)11-8-21-19)20(27)18-15-7-6-13-4-1-2-5-14(13)17(15)22-23-18/h1-2,4-5,16H,3,6-12H2,(H,21,26)(H,22,23). The average molecular weight is 365 g/mol. The number of carbonyl (C=O) groups is 2. The zero-order chi connectivity index (χ0) is 18.4. The smallest absolute Gasteiger partial charge is 0.272 e. The van der Waals surface area contributed by atoms with Crippen molar-refractivity contribution in [3.63, 3.8) is 0 Å². The van der Waals surface area contributed by atoms with Crippen LogP contribution in [0.2, 0.25) is 0 Å². The molecule has 0 saturated carbocycles. The molecule has 2 saturated heterocycles. The van der Waals surface area contributed by atoms with Gasteiger partial charge in [-0.1, -0.05) is 24.3 Å². The molecular weight excluding hydrogens is 342 g/mol. The van der Waals surface area contributed by atoms with E-state index >= 15 is 0 Å². The summed E-state index contributed by atoms with van der Waals surface area (Å²) < 4.78 is 0. The van der Waals surface area contributed by atoms with Crippen LogP contribution in [0.25, 0.3) is 11.3 Å². The maximum atomic E-state index is 13.3. The van der Waals surface area contributed by atoms with Crippen molar-refractivity contribution in [3.8, 4) is 11.3 Å². The van der Waals surface area contributed by atoms with Crippen molar-refractivity contribution in [3.05, 3.63) is 41.1 Å². The number of aromatic nitrogens is 2. The number of benzene rings is 1. The molecular formula is C20H23N5O2. The lowest BCUT2D eigenvalue weighted by Gasteiger charge is -2.34. The Morgan fingerprint density at radius 3 is 2.96 bits per heavy atom. The van der Waals surface area contributed by atoms with Crippen LogP contribution in [0.4, 0.5) is 0 Å². The van der Waals surface area contributed by atoms with E-state index in [4.69, 9.17) is 0 Å². The van der Waals surface area contributed by atoms with Crippen molar-refractivity contribution >= 4 is 11.8 Å². The Bertz CT molecular complexity index is 906. The van der Waals surface area contributed by atoms with E-state index in [9.17, 15) is 9.59 Å². The fourth-order valence-corrected chi connectivity index (χ4v) is 4.57. The molecule has 1 aromatic carbocycles. The number of aryl methyl sites for hydroxylation is 1. The predicted molar refractivity (Wildman–Crippen MR) is 100 cm³/mol. The van der Waals surface area contributed by atoms with E-state index in [0.29, 0.717) is 25.3 Å². The first kappa shape index (κ1) is 16.5. The maximum absolute atomic E-state index is 13.3. The number of rotatable bonds is 1. The van der Waals surface area contributed by atoms with Gasteiger partial charge in [0.1, 0.15) is 11.7 Å². The summed E-state index contributed by atoms with van der Waals surface area (Å²) in [6.45, 7) is 3.51. The van der Waals surface area contributed by atoms with Crippen LogP contribution in [0.3, 0.4) is 0 Å². The van der Waals surface area contributed by atoms with Crippen LogP contribution in [0, 0.1) is 0 Å². The number of nitrogens with zero attached hydrogens (tertiary/aromatic N) is 3. The average Bonchev–Trinajstić information content (AvgIpc) is 3.00. The normalized spacial score (nSPS) is 22.3. The summed E-state index contributed by atoms with van der Waals surface area (Å²) in [4.78, 5) is 29.6. The molecule has 2 N–H and O–H groups in total.